The average Bonchev–Trinajstić information content (AvgIpc) is 2.32. The normalized spacial score (nSPS) is 8.50. The topological polar surface area (TPSA) is 48.5 Å². The maximum absolute atomic E-state index is 5.47. The fraction of sp³-hybridized carbons (Fsp3) is 0. The van der Waals surface area contributed by atoms with Gasteiger partial charge in [0.25, 0.3) is 0 Å². The molecule has 1 N–H and O–H groups in total. The molecule has 2 aromatic rings. The molecule has 0 heterocycles. The molecule has 80 valence electrons. The Kier molecular flexibility index (Phi) is 5.45. The molecule has 0 bridgehead atoms. The van der Waals surface area contributed by atoms with Crippen LogP contribution in [0.4, 0.5) is 0 Å². The van der Waals surface area contributed by atoms with Crippen LogP contribution in [-0.4, -0.2) is 21.4 Å². The van der Waals surface area contributed by atoms with Gasteiger partial charge in [0, 0.05) is 0 Å². The van der Waals surface area contributed by atoms with Crippen LogP contribution in [0.25, 0.3) is 0 Å². The molecule has 0 aliphatic carbocycles. The summed E-state index contributed by atoms with van der Waals surface area (Å²) in [5, 5.41) is 0. The van der Waals surface area contributed by atoms with Crippen molar-refractivity contribution >= 4 is 15.9 Å². The molecule has 0 aromatic heterocycles. The molecule has 0 saturated heterocycles. The predicted molar refractivity (Wildman–Crippen MR) is 61.8 cm³/mol. The van der Waals surface area contributed by atoms with Gasteiger partial charge in [-0.1, -0.05) is 0 Å². The van der Waals surface area contributed by atoms with Gasteiger partial charge in [0.2, 0.25) is 0 Å². The Bertz CT molecular complexity index is 352. The van der Waals surface area contributed by atoms with Gasteiger partial charge in [-0.2, -0.15) is 0 Å². The zero-order chi connectivity index (χ0) is 10.3. The van der Waals surface area contributed by atoms with E-state index in [1.165, 1.54) is 0 Å². The molecule has 4 heteroatoms. The van der Waals surface area contributed by atoms with E-state index in [1.807, 2.05) is 60.7 Å². The third-order valence-corrected chi connectivity index (χ3v) is 2.59. The third-order valence-electron chi connectivity index (χ3n) is 1.85. The van der Waals surface area contributed by atoms with Crippen LogP contribution in [0.2, 0.25) is 0 Å². The van der Waals surface area contributed by atoms with Crippen molar-refractivity contribution in [1.82, 2.24) is 0 Å². The summed E-state index contributed by atoms with van der Waals surface area (Å²) >= 11 is -0.499. The number of benzene rings is 2. The first-order valence-electron chi connectivity index (χ1n) is 4.70. The van der Waals surface area contributed by atoms with Crippen molar-refractivity contribution in [2.45, 2.75) is 0 Å². The molecule has 0 saturated carbocycles. The number of para-hydroxylation sites is 2. The van der Waals surface area contributed by atoms with E-state index in [0.717, 1.165) is 11.5 Å². The van der Waals surface area contributed by atoms with Crippen molar-refractivity contribution in [3.05, 3.63) is 60.7 Å². The second-order valence-corrected chi connectivity index (χ2v) is 3.62. The van der Waals surface area contributed by atoms with Crippen LogP contribution in [0.5, 0.6) is 11.5 Å². The van der Waals surface area contributed by atoms with Gasteiger partial charge in [0.05, 0.1) is 0 Å². The minimum atomic E-state index is -0.499. The Balaban J connectivity index is 0.00000128. The van der Waals surface area contributed by atoms with Gasteiger partial charge in [-0.3, -0.25) is 0 Å². The molecule has 0 radical (unpaired) electrons. The minimum absolute atomic E-state index is 0. The summed E-state index contributed by atoms with van der Waals surface area (Å²) in [5.41, 5.74) is 0. The van der Waals surface area contributed by atoms with Gasteiger partial charge >= 0.3 is 95.6 Å². The second-order valence-electron chi connectivity index (χ2n) is 2.96. The van der Waals surface area contributed by atoms with Crippen molar-refractivity contribution in [2.75, 3.05) is 0 Å². The monoisotopic (exact) mass is 230 g/mol. The summed E-state index contributed by atoms with van der Waals surface area (Å²) < 4.78 is 10.9. The fourth-order valence-electron chi connectivity index (χ4n) is 1.13. The van der Waals surface area contributed by atoms with Gasteiger partial charge in [0.15, 0.2) is 0 Å². The predicted octanol–water partition coefficient (Wildman–Crippen LogP) is 2.50. The van der Waals surface area contributed by atoms with E-state index in [0.29, 0.717) is 0 Å². The Morgan fingerprint density at radius 1 is 0.625 bits per heavy atom. The molecule has 16 heavy (non-hydrogen) atoms. The summed E-state index contributed by atoms with van der Waals surface area (Å²) in [4.78, 5) is 0. The molecule has 0 aliphatic rings. The molecule has 0 spiro atoms. The zero-order valence-electron chi connectivity index (χ0n) is 8.61. The van der Waals surface area contributed by atoms with Crippen molar-refractivity contribution in [2.24, 2.45) is 0 Å². The number of hydrogen-bond acceptors (Lipinski definition) is 3. The van der Waals surface area contributed by atoms with E-state index in [-0.39, 0.29) is 5.48 Å². The molecule has 2 rings (SSSR count). The first-order valence-corrected chi connectivity index (χ1v) is 5.64. The summed E-state index contributed by atoms with van der Waals surface area (Å²) in [7, 11) is 0. The first-order chi connectivity index (χ1) is 7.45. The van der Waals surface area contributed by atoms with Gasteiger partial charge in [-0.25, -0.2) is 0 Å². The molecule has 0 fully saturated rings. The van der Waals surface area contributed by atoms with Crippen molar-refractivity contribution in [3.63, 3.8) is 0 Å². The van der Waals surface area contributed by atoms with Crippen molar-refractivity contribution in [3.8, 4) is 11.5 Å². The SMILES string of the molecule is [OH-].c1ccc([O][Al+][O]c2ccccc2)cc1. The van der Waals surface area contributed by atoms with Crippen molar-refractivity contribution in [1.29, 1.82) is 0 Å². The van der Waals surface area contributed by atoms with Gasteiger partial charge in [-0.05, 0) is 0 Å². The molecule has 3 nitrogen and oxygen atoms in total. The van der Waals surface area contributed by atoms with Crippen LogP contribution in [0, 0.1) is 0 Å². The van der Waals surface area contributed by atoms with Crippen LogP contribution < -0.4 is 7.58 Å². The Labute approximate surface area is 101 Å². The van der Waals surface area contributed by atoms with Gasteiger partial charge in [0.1, 0.15) is 0 Å². The van der Waals surface area contributed by atoms with E-state index in [2.05, 4.69) is 0 Å². The van der Waals surface area contributed by atoms with Crippen LogP contribution in [-0.2, 0) is 0 Å². The molecule has 0 atom stereocenters. The quantitative estimate of drug-likeness (QED) is 0.758. The van der Waals surface area contributed by atoms with E-state index in [9.17, 15) is 0 Å². The van der Waals surface area contributed by atoms with E-state index < -0.39 is 15.9 Å². The molecule has 0 amide bonds. The fourth-order valence-corrected chi connectivity index (χ4v) is 1.72. The Morgan fingerprint density at radius 2 is 1.00 bits per heavy atom. The van der Waals surface area contributed by atoms with Crippen LogP contribution in [0.15, 0.2) is 60.7 Å². The van der Waals surface area contributed by atoms with Crippen molar-refractivity contribution < 1.29 is 13.1 Å². The number of rotatable bonds is 4. The zero-order valence-corrected chi connectivity index (χ0v) is 9.77. The van der Waals surface area contributed by atoms with Crippen LogP contribution >= 0.6 is 0 Å². The molecule has 2 aromatic carbocycles. The van der Waals surface area contributed by atoms with Gasteiger partial charge in [-0.15, -0.1) is 0 Å². The molecular weight excluding hydrogens is 219 g/mol. The first kappa shape index (κ1) is 12.6. The summed E-state index contributed by atoms with van der Waals surface area (Å²) in [6.07, 6.45) is 0. The Hall–Kier alpha value is -1.47. The molecular formula is C12H11AlO3. The third kappa shape index (κ3) is 3.95. The van der Waals surface area contributed by atoms with E-state index in [1.54, 1.807) is 0 Å². The number of hydrogen-bond donors (Lipinski definition) is 0. The van der Waals surface area contributed by atoms with E-state index >= 15 is 0 Å². The maximum atomic E-state index is 5.47. The summed E-state index contributed by atoms with van der Waals surface area (Å²) in [6, 6.07) is 19.4. The standard InChI is InChI=1S/2C6H6O.Al.H2O/c2*7-6-4-2-1-3-5-6;;/h2*1-5,7H;;1H2/q;;+3;/p-3. The second kappa shape index (κ2) is 6.91. The summed E-state index contributed by atoms with van der Waals surface area (Å²) in [6.45, 7) is 0. The van der Waals surface area contributed by atoms with Crippen LogP contribution in [0.1, 0.15) is 0 Å². The average molecular weight is 230 g/mol. The summed E-state index contributed by atoms with van der Waals surface area (Å²) in [5.74, 6) is 1.70. The van der Waals surface area contributed by atoms with E-state index in [4.69, 9.17) is 7.58 Å². The van der Waals surface area contributed by atoms with Crippen LogP contribution in [0.3, 0.4) is 0 Å². The Morgan fingerprint density at radius 3 is 1.38 bits per heavy atom. The molecule has 0 unspecified atom stereocenters. The van der Waals surface area contributed by atoms with Gasteiger partial charge < -0.3 is 5.48 Å². The molecule has 0 aliphatic heterocycles.